The van der Waals surface area contributed by atoms with Gasteiger partial charge in [-0.15, -0.1) is 0 Å². The van der Waals surface area contributed by atoms with Crippen molar-refractivity contribution < 1.29 is 4.79 Å². The predicted octanol–water partition coefficient (Wildman–Crippen LogP) is 2.06. The van der Waals surface area contributed by atoms with Crippen molar-refractivity contribution in [2.75, 3.05) is 30.9 Å². The largest absolute Gasteiger partial charge is 0.366 e. The molecule has 3 aromatic rings. The van der Waals surface area contributed by atoms with E-state index in [0.717, 1.165) is 40.1 Å². The van der Waals surface area contributed by atoms with Crippen molar-refractivity contribution in [2.45, 2.75) is 26.4 Å². The van der Waals surface area contributed by atoms with Crippen LogP contribution in [0.1, 0.15) is 23.7 Å². The van der Waals surface area contributed by atoms with Gasteiger partial charge < -0.3 is 15.1 Å². The predicted molar refractivity (Wildman–Crippen MR) is 106 cm³/mol. The lowest BCUT2D eigenvalue weighted by molar-refractivity contribution is -0.129. The van der Waals surface area contributed by atoms with Crippen molar-refractivity contribution in [3.05, 3.63) is 35.0 Å². The second-order valence-corrected chi connectivity index (χ2v) is 7.35. The number of aromatic nitrogens is 4. The molecule has 0 radical (unpaired) electrons. The fourth-order valence-corrected chi connectivity index (χ4v) is 3.67. The average molecular weight is 383 g/mol. The molecule has 0 bridgehead atoms. The number of carbonyl (C=O) groups is 1. The molecule has 8 nitrogen and oxygen atoms in total. The summed E-state index contributed by atoms with van der Waals surface area (Å²) in [5, 5.41) is 3.46. The minimum atomic E-state index is 0.0744. The number of nitrogens with one attached hydrogen (secondary N) is 1. The van der Waals surface area contributed by atoms with E-state index >= 15 is 0 Å². The van der Waals surface area contributed by atoms with Crippen LogP contribution in [0, 0.1) is 0 Å². The number of fused-ring (bicyclic) bond motifs is 2. The Labute approximate surface area is 161 Å². The SMILES string of the molecule is CC(=O)N1CCc2c(nc(N(C)C)nc2NCc2ccc3nsnc3c2)C1. The van der Waals surface area contributed by atoms with Crippen molar-refractivity contribution in [1.29, 1.82) is 0 Å². The lowest BCUT2D eigenvalue weighted by Crippen LogP contribution is -2.35. The van der Waals surface area contributed by atoms with Crippen LogP contribution in [0.4, 0.5) is 11.8 Å². The van der Waals surface area contributed by atoms with Gasteiger partial charge in [0, 0.05) is 39.7 Å². The molecular formula is C18H21N7OS. The zero-order valence-corrected chi connectivity index (χ0v) is 16.4. The van der Waals surface area contributed by atoms with Gasteiger partial charge in [-0.25, -0.2) is 4.98 Å². The van der Waals surface area contributed by atoms with Crippen LogP contribution < -0.4 is 10.2 Å². The second-order valence-electron chi connectivity index (χ2n) is 6.82. The van der Waals surface area contributed by atoms with E-state index in [4.69, 9.17) is 4.98 Å². The number of amides is 1. The van der Waals surface area contributed by atoms with Crippen LogP contribution in [0.5, 0.6) is 0 Å². The Hall–Kier alpha value is -2.81. The molecule has 2 aromatic heterocycles. The summed E-state index contributed by atoms with van der Waals surface area (Å²) >= 11 is 1.22. The average Bonchev–Trinajstić information content (AvgIpc) is 3.13. The molecule has 1 aliphatic heterocycles. The maximum Gasteiger partial charge on any atom is 0.227 e. The first-order valence-corrected chi connectivity index (χ1v) is 9.52. The zero-order valence-electron chi connectivity index (χ0n) is 15.6. The minimum Gasteiger partial charge on any atom is -0.366 e. The van der Waals surface area contributed by atoms with Gasteiger partial charge in [-0.05, 0) is 24.1 Å². The molecule has 9 heteroatoms. The molecule has 1 aliphatic rings. The minimum absolute atomic E-state index is 0.0744. The number of hydrogen-bond donors (Lipinski definition) is 1. The normalized spacial score (nSPS) is 13.5. The zero-order chi connectivity index (χ0) is 19.0. The van der Waals surface area contributed by atoms with Crippen LogP contribution in [0.2, 0.25) is 0 Å². The van der Waals surface area contributed by atoms with Gasteiger partial charge in [0.2, 0.25) is 11.9 Å². The van der Waals surface area contributed by atoms with Crippen LogP contribution in [-0.2, 0) is 24.3 Å². The summed E-state index contributed by atoms with van der Waals surface area (Å²) in [5.41, 5.74) is 4.96. The van der Waals surface area contributed by atoms with Crippen LogP contribution >= 0.6 is 11.7 Å². The van der Waals surface area contributed by atoms with Crippen molar-refractivity contribution >= 4 is 40.4 Å². The number of benzene rings is 1. The maximum absolute atomic E-state index is 11.8. The van der Waals surface area contributed by atoms with Crippen LogP contribution in [0.3, 0.4) is 0 Å². The first kappa shape index (κ1) is 17.6. The van der Waals surface area contributed by atoms with Gasteiger partial charge in [0.1, 0.15) is 16.9 Å². The van der Waals surface area contributed by atoms with Gasteiger partial charge >= 0.3 is 0 Å². The maximum atomic E-state index is 11.8. The first-order valence-electron chi connectivity index (χ1n) is 8.79. The molecule has 0 unspecified atom stereocenters. The van der Waals surface area contributed by atoms with E-state index < -0.39 is 0 Å². The highest BCUT2D eigenvalue weighted by Crippen LogP contribution is 2.26. The van der Waals surface area contributed by atoms with Crippen LogP contribution in [0.25, 0.3) is 11.0 Å². The summed E-state index contributed by atoms with van der Waals surface area (Å²) in [5.74, 6) is 1.55. The van der Waals surface area contributed by atoms with Crippen molar-refractivity contribution in [3.63, 3.8) is 0 Å². The van der Waals surface area contributed by atoms with E-state index in [1.165, 1.54) is 11.7 Å². The molecule has 1 N–H and O–H groups in total. The monoisotopic (exact) mass is 383 g/mol. The summed E-state index contributed by atoms with van der Waals surface area (Å²) in [6.07, 6.45) is 0.750. The van der Waals surface area contributed by atoms with Crippen LogP contribution in [0.15, 0.2) is 18.2 Å². The molecule has 1 aromatic carbocycles. The lowest BCUT2D eigenvalue weighted by atomic mass is 10.1. The van der Waals surface area contributed by atoms with E-state index in [1.54, 1.807) is 6.92 Å². The molecule has 1 amide bonds. The molecule has 0 spiro atoms. The molecular weight excluding hydrogens is 362 g/mol. The molecule has 0 saturated heterocycles. The summed E-state index contributed by atoms with van der Waals surface area (Å²) in [4.78, 5) is 24.8. The lowest BCUT2D eigenvalue weighted by Gasteiger charge is -2.29. The Morgan fingerprint density at radius 1 is 1.26 bits per heavy atom. The Kier molecular flexibility index (Phi) is 4.61. The molecule has 0 saturated carbocycles. The number of carbonyl (C=O) groups excluding carboxylic acids is 1. The second kappa shape index (κ2) is 7.07. The molecule has 3 heterocycles. The van der Waals surface area contributed by atoms with Gasteiger partial charge in [-0.2, -0.15) is 13.7 Å². The topological polar surface area (TPSA) is 87.1 Å². The summed E-state index contributed by atoms with van der Waals surface area (Å²) in [6, 6.07) is 6.08. The van der Waals surface area contributed by atoms with Crippen molar-refractivity contribution in [1.82, 2.24) is 23.6 Å². The van der Waals surface area contributed by atoms with Gasteiger partial charge in [-0.3, -0.25) is 4.79 Å². The van der Waals surface area contributed by atoms with E-state index in [-0.39, 0.29) is 5.91 Å². The van der Waals surface area contributed by atoms with Crippen molar-refractivity contribution in [3.8, 4) is 0 Å². The van der Waals surface area contributed by atoms with E-state index in [0.29, 0.717) is 25.6 Å². The highest BCUT2D eigenvalue weighted by atomic mass is 32.1. The van der Waals surface area contributed by atoms with E-state index in [2.05, 4.69) is 25.1 Å². The Bertz CT molecular complexity index is 1000. The molecule has 4 rings (SSSR count). The summed E-state index contributed by atoms with van der Waals surface area (Å²) in [6.45, 7) is 3.46. The number of hydrogen-bond acceptors (Lipinski definition) is 8. The third-order valence-corrected chi connectivity index (χ3v) is 5.23. The van der Waals surface area contributed by atoms with Gasteiger partial charge in [-0.1, -0.05) is 6.07 Å². The Balaban J connectivity index is 1.62. The Morgan fingerprint density at radius 3 is 2.85 bits per heavy atom. The highest BCUT2D eigenvalue weighted by molar-refractivity contribution is 7.00. The van der Waals surface area contributed by atoms with Crippen LogP contribution in [-0.4, -0.2) is 50.2 Å². The first-order chi connectivity index (χ1) is 13.0. The molecule has 0 aliphatic carbocycles. The molecule has 27 heavy (non-hydrogen) atoms. The summed E-state index contributed by atoms with van der Waals surface area (Å²) in [7, 11) is 3.83. The fourth-order valence-electron chi connectivity index (χ4n) is 3.16. The number of anilines is 2. The Morgan fingerprint density at radius 2 is 2.07 bits per heavy atom. The smallest absolute Gasteiger partial charge is 0.227 e. The molecule has 140 valence electrons. The molecule has 0 atom stereocenters. The van der Waals surface area contributed by atoms with Crippen molar-refractivity contribution in [2.24, 2.45) is 0 Å². The standard InChI is InChI=1S/C18H21N7OS/c1-11(26)25-7-6-13-16(10-25)20-18(24(2)3)21-17(13)19-9-12-4-5-14-15(8-12)23-27-22-14/h4-5,8H,6-7,9-10H2,1-3H3,(H,19,20,21). The third kappa shape index (κ3) is 3.55. The quantitative estimate of drug-likeness (QED) is 0.738. The van der Waals surface area contributed by atoms with Gasteiger partial charge in [0.05, 0.1) is 24.0 Å². The van der Waals surface area contributed by atoms with Gasteiger partial charge in [0.25, 0.3) is 0 Å². The number of rotatable bonds is 4. The third-order valence-electron chi connectivity index (χ3n) is 4.68. The molecule has 0 fully saturated rings. The van der Waals surface area contributed by atoms with E-state index in [1.807, 2.05) is 36.0 Å². The highest BCUT2D eigenvalue weighted by Gasteiger charge is 2.24. The number of nitrogens with zero attached hydrogens (tertiary/aromatic N) is 6. The fraction of sp³-hybridized carbons (Fsp3) is 0.389. The summed E-state index contributed by atoms with van der Waals surface area (Å²) < 4.78 is 8.54. The van der Waals surface area contributed by atoms with E-state index in [9.17, 15) is 4.79 Å². The van der Waals surface area contributed by atoms with Gasteiger partial charge in [0.15, 0.2) is 0 Å².